The summed E-state index contributed by atoms with van der Waals surface area (Å²) in [6.45, 7) is 20.9. The van der Waals surface area contributed by atoms with Crippen molar-refractivity contribution >= 4 is 23.8 Å². The van der Waals surface area contributed by atoms with Crippen LogP contribution in [0.25, 0.3) is 0 Å². The maximum absolute atomic E-state index is 13.5. The number of carbonyl (C=O) groups is 4. The summed E-state index contributed by atoms with van der Waals surface area (Å²) in [7, 11) is 0. The number of amides is 4. The van der Waals surface area contributed by atoms with Crippen molar-refractivity contribution in [2.45, 2.75) is 92.9 Å². The van der Waals surface area contributed by atoms with Crippen molar-refractivity contribution in [3.8, 4) is 5.75 Å². The number of carbonyl (C=O) groups excluding carboxylic acids is 4. The number of nitrogens with one attached hydrogen (secondary N) is 3. The van der Waals surface area contributed by atoms with Crippen LogP contribution in [0.2, 0.25) is 0 Å². The number of nitrogens with zero attached hydrogens (tertiary/aromatic N) is 1. The molecule has 4 unspecified atom stereocenters. The third-order valence-electron chi connectivity index (χ3n) is 9.10. The molecule has 13 heteroatoms. The van der Waals surface area contributed by atoms with E-state index in [1.54, 1.807) is 52.8 Å². The second kappa shape index (κ2) is 19.8. The lowest BCUT2D eigenvalue weighted by Gasteiger charge is -2.33. The summed E-state index contributed by atoms with van der Waals surface area (Å²) in [6, 6.07) is 6.33. The number of ether oxygens (including phenoxy) is 3. The second-order valence-electron chi connectivity index (χ2n) is 15.6. The number of primary amides is 1. The second-order valence-corrected chi connectivity index (χ2v) is 15.6. The molecule has 1 aliphatic rings. The van der Waals surface area contributed by atoms with Gasteiger partial charge in [0, 0.05) is 38.6 Å². The molecule has 0 aliphatic carbocycles. The SMILES string of the molecule is CC(C)C(CNC(=O)c1ccccc1OCCN1CCOCC1)CC(NC(=O)OC(C)(C)C)C(O)CC(C(=O)NCC(C)(C)C(N)=O)C(C)C. The molecule has 0 spiro atoms. The van der Waals surface area contributed by atoms with Crippen molar-refractivity contribution in [1.29, 1.82) is 0 Å². The fraction of sp³-hybridized carbons (Fsp3) is 0.730. The number of hydrogen-bond acceptors (Lipinski definition) is 9. The van der Waals surface area contributed by atoms with E-state index in [1.165, 1.54) is 0 Å². The summed E-state index contributed by atoms with van der Waals surface area (Å²) in [5.74, 6) is -1.51. The Hall–Kier alpha value is -3.42. The predicted molar refractivity (Wildman–Crippen MR) is 193 cm³/mol. The zero-order valence-corrected chi connectivity index (χ0v) is 31.7. The number of hydrogen-bond donors (Lipinski definition) is 5. The van der Waals surface area contributed by atoms with Gasteiger partial charge in [-0.05, 0) is 77.3 Å². The first-order chi connectivity index (χ1) is 23.3. The number of para-hydroxylation sites is 1. The van der Waals surface area contributed by atoms with Crippen molar-refractivity contribution in [3.63, 3.8) is 0 Å². The van der Waals surface area contributed by atoms with E-state index in [1.807, 2.05) is 33.8 Å². The van der Waals surface area contributed by atoms with Gasteiger partial charge in [-0.25, -0.2) is 4.79 Å². The Morgan fingerprint density at radius 2 is 1.60 bits per heavy atom. The highest BCUT2D eigenvalue weighted by atomic mass is 16.6. The Bertz CT molecular complexity index is 1240. The monoisotopic (exact) mass is 705 g/mol. The fourth-order valence-corrected chi connectivity index (χ4v) is 5.53. The van der Waals surface area contributed by atoms with E-state index >= 15 is 0 Å². The van der Waals surface area contributed by atoms with Crippen molar-refractivity contribution < 1.29 is 38.5 Å². The molecule has 13 nitrogen and oxygen atoms in total. The molecule has 50 heavy (non-hydrogen) atoms. The van der Waals surface area contributed by atoms with Crippen LogP contribution in [-0.4, -0.2) is 104 Å². The molecule has 1 aliphatic heterocycles. The van der Waals surface area contributed by atoms with Crippen LogP contribution in [0.15, 0.2) is 24.3 Å². The van der Waals surface area contributed by atoms with Crippen LogP contribution < -0.4 is 26.4 Å². The number of alkyl carbamates (subject to hydrolysis) is 1. The zero-order valence-electron chi connectivity index (χ0n) is 31.7. The Balaban J connectivity index is 2.17. The van der Waals surface area contributed by atoms with Gasteiger partial charge >= 0.3 is 6.09 Å². The van der Waals surface area contributed by atoms with Crippen LogP contribution in [-0.2, 0) is 19.1 Å². The minimum atomic E-state index is -1.12. The van der Waals surface area contributed by atoms with Crippen molar-refractivity contribution in [2.24, 2.45) is 34.8 Å². The van der Waals surface area contributed by atoms with Crippen LogP contribution in [0.4, 0.5) is 4.79 Å². The quantitative estimate of drug-likeness (QED) is 0.144. The van der Waals surface area contributed by atoms with Crippen LogP contribution in [0.1, 0.15) is 85.5 Å². The van der Waals surface area contributed by atoms with E-state index in [9.17, 15) is 24.3 Å². The highest BCUT2D eigenvalue weighted by Crippen LogP contribution is 2.26. The lowest BCUT2D eigenvalue weighted by atomic mass is 9.82. The molecular formula is C37H63N5O8. The molecule has 0 radical (unpaired) electrons. The van der Waals surface area contributed by atoms with E-state index < -0.39 is 41.1 Å². The van der Waals surface area contributed by atoms with Gasteiger partial charge in [0.05, 0.1) is 36.3 Å². The number of benzene rings is 1. The molecule has 284 valence electrons. The van der Waals surface area contributed by atoms with Crippen molar-refractivity contribution in [1.82, 2.24) is 20.9 Å². The molecule has 2 rings (SSSR count). The Morgan fingerprint density at radius 3 is 2.18 bits per heavy atom. The Kier molecular flexibility index (Phi) is 17.0. The van der Waals surface area contributed by atoms with Gasteiger partial charge < -0.3 is 41.0 Å². The Labute approximate surface area is 298 Å². The average molecular weight is 706 g/mol. The summed E-state index contributed by atoms with van der Waals surface area (Å²) < 4.78 is 17.0. The van der Waals surface area contributed by atoms with Gasteiger partial charge in [-0.2, -0.15) is 0 Å². The number of morpholine rings is 1. The first-order valence-corrected chi connectivity index (χ1v) is 17.9. The molecule has 1 aromatic rings. The van der Waals surface area contributed by atoms with E-state index in [0.717, 1.165) is 19.6 Å². The first kappa shape index (κ1) is 42.7. The van der Waals surface area contributed by atoms with Gasteiger partial charge in [0.1, 0.15) is 18.0 Å². The van der Waals surface area contributed by atoms with Crippen LogP contribution in [0.5, 0.6) is 5.75 Å². The largest absolute Gasteiger partial charge is 0.491 e. The molecule has 0 bridgehead atoms. The fourth-order valence-electron chi connectivity index (χ4n) is 5.53. The van der Waals surface area contributed by atoms with Crippen LogP contribution >= 0.6 is 0 Å². The molecule has 1 aromatic carbocycles. The molecule has 1 fully saturated rings. The summed E-state index contributed by atoms with van der Waals surface area (Å²) in [6.07, 6.45) is -1.46. The Morgan fingerprint density at radius 1 is 0.960 bits per heavy atom. The summed E-state index contributed by atoms with van der Waals surface area (Å²) >= 11 is 0. The van der Waals surface area contributed by atoms with E-state index in [2.05, 4.69) is 20.9 Å². The van der Waals surface area contributed by atoms with Gasteiger partial charge in [-0.15, -0.1) is 0 Å². The van der Waals surface area contributed by atoms with Gasteiger partial charge in [0.2, 0.25) is 11.8 Å². The molecule has 1 heterocycles. The minimum Gasteiger partial charge on any atom is -0.491 e. The lowest BCUT2D eigenvalue weighted by Crippen LogP contribution is -2.50. The molecule has 1 saturated heterocycles. The van der Waals surface area contributed by atoms with E-state index in [4.69, 9.17) is 19.9 Å². The summed E-state index contributed by atoms with van der Waals surface area (Å²) in [4.78, 5) is 53.8. The number of aliphatic hydroxyl groups excluding tert-OH is 1. The van der Waals surface area contributed by atoms with Gasteiger partial charge in [0.15, 0.2) is 0 Å². The van der Waals surface area contributed by atoms with Crippen molar-refractivity contribution in [3.05, 3.63) is 29.8 Å². The standard InChI is InChI=1S/C37H63N5O8/c1-24(2)26(22-39-32(44)27-12-10-11-13-31(27)49-19-16-42-14-17-48-18-15-42)20-29(41-35(47)50-36(5,6)7)30(43)21-28(25(3)4)33(45)40-23-37(8,9)34(38)46/h10-13,24-26,28-30,43H,14-23H2,1-9H3,(H2,38,46)(H,39,44)(H,40,45)(H,41,47). The minimum absolute atomic E-state index is 0.0489. The smallest absolute Gasteiger partial charge is 0.407 e. The predicted octanol–water partition coefficient (Wildman–Crippen LogP) is 3.33. The lowest BCUT2D eigenvalue weighted by molar-refractivity contribution is -0.130. The number of nitrogens with two attached hydrogens (primary N) is 1. The third-order valence-corrected chi connectivity index (χ3v) is 9.10. The topological polar surface area (TPSA) is 182 Å². The normalized spacial score (nSPS) is 16.6. The zero-order chi connectivity index (χ0) is 37.6. The summed E-state index contributed by atoms with van der Waals surface area (Å²) in [5.41, 5.74) is 4.19. The summed E-state index contributed by atoms with van der Waals surface area (Å²) in [5, 5.41) is 20.3. The molecule has 4 amide bonds. The maximum atomic E-state index is 13.5. The van der Waals surface area contributed by atoms with Gasteiger partial charge in [0.25, 0.3) is 5.91 Å². The third kappa shape index (κ3) is 14.8. The number of aliphatic hydroxyl groups is 1. The average Bonchev–Trinajstić information content (AvgIpc) is 3.03. The van der Waals surface area contributed by atoms with E-state index in [0.29, 0.717) is 37.6 Å². The molecular weight excluding hydrogens is 642 g/mol. The van der Waals surface area contributed by atoms with Gasteiger partial charge in [-0.3, -0.25) is 19.3 Å². The maximum Gasteiger partial charge on any atom is 0.407 e. The molecule has 0 aromatic heterocycles. The van der Waals surface area contributed by atoms with Crippen LogP contribution in [0.3, 0.4) is 0 Å². The molecule has 6 N–H and O–H groups in total. The molecule has 0 saturated carbocycles. The molecule has 4 atom stereocenters. The first-order valence-electron chi connectivity index (χ1n) is 17.9. The highest BCUT2D eigenvalue weighted by molar-refractivity contribution is 5.96. The van der Waals surface area contributed by atoms with Gasteiger partial charge in [-0.1, -0.05) is 39.8 Å². The van der Waals surface area contributed by atoms with Crippen molar-refractivity contribution in [2.75, 3.05) is 52.5 Å². The van der Waals surface area contributed by atoms with E-state index in [-0.39, 0.29) is 49.1 Å². The highest BCUT2D eigenvalue weighted by Gasteiger charge is 2.34. The number of rotatable bonds is 19. The van der Waals surface area contributed by atoms with Crippen LogP contribution in [0, 0.1) is 29.1 Å².